The van der Waals surface area contributed by atoms with Crippen LogP contribution in [0.2, 0.25) is 0 Å². The highest BCUT2D eigenvalue weighted by Crippen LogP contribution is 2.23. The van der Waals surface area contributed by atoms with Gasteiger partial charge in [-0.2, -0.15) is 0 Å². The van der Waals surface area contributed by atoms with Gasteiger partial charge in [-0.15, -0.1) is 0 Å². The molecule has 1 amide bonds. The Kier molecular flexibility index (Phi) is 11.7. The molecule has 0 saturated heterocycles. The van der Waals surface area contributed by atoms with Gasteiger partial charge < -0.3 is 15.0 Å². The van der Waals surface area contributed by atoms with Crippen molar-refractivity contribution in [2.45, 2.75) is 78.2 Å². The van der Waals surface area contributed by atoms with Gasteiger partial charge in [-0.1, -0.05) is 26.7 Å². The Hall–Kier alpha value is -1.10. The van der Waals surface area contributed by atoms with Gasteiger partial charge in [-0.3, -0.25) is 9.59 Å². The fourth-order valence-electron chi connectivity index (χ4n) is 2.78. The zero-order valence-electron chi connectivity index (χ0n) is 15.7. The van der Waals surface area contributed by atoms with Crippen molar-refractivity contribution < 1.29 is 14.3 Å². The average molecular weight is 328 g/mol. The van der Waals surface area contributed by atoms with E-state index in [1.807, 2.05) is 18.9 Å². The molecule has 0 radical (unpaired) electrons. The number of hydrogen-bond donors (Lipinski definition) is 1. The second-order valence-corrected chi connectivity index (χ2v) is 6.18. The second-order valence-electron chi connectivity index (χ2n) is 6.18. The highest BCUT2D eigenvalue weighted by Gasteiger charge is 2.30. The summed E-state index contributed by atoms with van der Waals surface area (Å²) in [5, 5.41) is 3.39. The van der Waals surface area contributed by atoms with Gasteiger partial charge in [0.2, 0.25) is 5.91 Å². The molecule has 5 heteroatoms. The van der Waals surface area contributed by atoms with Crippen molar-refractivity contribution in [3.05, 3.63) is 0 Å². The van der Waals surface area contributed by atoms with E-state index >= 15 is 0 Å². The van der Waals surface area contributed by atoms with E-state index in [9.17, 15) is 9.59 Å². The molecule has 0 bridgehead atoms. The van der Waals surface area contributed by atoms with E-state index in [1.165, 1.54) is 6.92 Å². The minimum atomic E-state index is -0.244. The molecule has 5 nitrogen and oxygen atoms in total. The summed E-state index contributed by atoms with van der Waals surface area (Å²) in [5.41, 5.74) is -0.0851. The van der Waals surface area contributed by atoms with Crippen LogP contribution in [0, 0.1) is 0 Å². The van der Waals surface area contributed by atoms with Crippen LogP contribution >= 0.6 is 0 Å². The molecule has 1 unspecified atom stereocenters. The molecule has 0 aromatic carbocycles. The first kappa shape index (κ1) is 21.9. The Morgan fingerprint density at radius 2 is 1.83 bits per heavy atom. The van der Waals surface area contributed by atoms with Crippen molar-refractivity contribution >= 4 is 11.9 Å². The molecule has 0 spiro atoms. The molecule has 23 heavy (non-hydrogen) atoms. The molecular formula is C18H36N2O3. The molecule has 0 heterocycles. The molecular weight excluding hydrogens is 292 g/mol. The molecule has 1 atom stereocenters. The summed E-state index contributed by atoms with van der Waals surface area (Å²) >= 11 is 0. The minimum absolute atomic E-state index is 0.0851. The van der Waals surface area contributed by atoms with Crippen LogP contribution in [-0.4, -0.2) is 49.1 Å². The standard InChI is InChI=1S/C18H36N2O3/c1-6-9-12-18(7-2,19-5)15-17(22)20(8-3)13-10-11-14-23-16(4)21/h19H,6-15H2,1-5H3. The van der Waals surface area contributed by atoms with Crippen LogP contribution < -0.4 is 5.32 Å². The third-order valence-corrected chi connectivity index (χ3v) is 4.57. The first-order valence-electron chi connectivity index (χ1n) is 9.04. The van der Waals surface area contributed by atoms with Crippen LogP contribution in [0.1, 0.15) is 72.6 Å². The zero-order chi connectivity index (χ0) is 17.7. The summed E-state index contributed by atoms with van der Waals surface area (Å²) in [4.78, 5) is 25.3. The smallest absolute Gasteiger partial charge is 0.302 e. The van der Waals surface area contributed by atoms with E-state index in [2.05, 4.69) is 19.2 Å². The number of nitrogens with one attached hydrogen (secondary N) is 1. The van der Waals surface area contributed by atoms with Crippen LogP contribution in [-0.2, 0) is 14.3 Å². The summed E-state index contributed by atoms with van der Waals surface area (Å²) < 4.78 is 4.93. The maximum atomic E-state index is 12.6. The SMILES string of the molecule is CCCCC(CC)(CC(=O)N(CC)CCCCOC(C)=O)NC. The normalized spacial score (nSPS) is 13.4. The van der Waals surface area contributed by atoms with Gasteiger partial charge in [0.15, 0.2) is 0 Å². The first-order chi connectivity index (χ1) is 10.9. The lowest BCUT2D eigenvalue weighted by molar-refractivity contribution is -0.141. The van der Waals surface area contributed by atoms with Gasteiger partial charge in [-0.05, 0) is 39.7 Å². The molecule has 0 saturated carbocycles. The number of rotatable bonds is 13. The van der Waals surface area contributed by atoms with Gasteiger partial charge >= 0.3 is 5.97 Å². The number of amides is 1. The lowest BCUT2D eigenvalue weighted by atomic mass is 9.86. The van der Waals surface area contributed by atoms with Gasteiger partial charge in [0.1, 0.15) is 0 Å². The first-order valence-corrected chi connectivity index (χ1v) is 9.04. The third-order valence-electron chi connectivity index (χ3n) is 4.57. The van der Waals surface area contributed by atoms with E-state index in [0.717, 1.165) is 51.6 Å². The maximum absolute atomic E-state index is 12.6. The zero-order valence-corrected chi connectivity index (χ0v) is 15.7. The van der Waals surface area contributed by atoms with Crippen LogP contribution in [0.4, 0.5) is 0 Å². The fraction of sp³-hybridized carbons (Fsp3) is 0.889. The Morgan fingerprint density at radius 3 is 2.30 bits per heavy atom. The fourth-order valence-corrected chi connectivity index (χ4v) is 2.78. The summed E-state index contributed by atoms with van der Waals surface area (Å²) in [6.07, 6.45) is 6.48. The average Bonchev–Trinajstić information content (AvgIpc) is 2.54. The molecule has 0 aliphatic heterocycles. The lowest BCUT2D eigenvalue weighted by Gasteiger charge is -2.34. The molecule has 0 aromatic rings. The molecule has 136 valence electrons. The van der Waals surface area contributed by atoms with Crippen molar-refractivity contribution in [2.75, 3.05) is 26.7 Å². The number of hydrogen-bond acceptors (Lipinski definition) is 4. The third kappa shape index (κ3) is 8.94. The van der Waals surface area contributed by atoms with Crippen molar-refractivity contribution in [2.24, 2.45) is 0 Å². The van der Waals surface area contributed by atoms with E-state index in [0.29, 0.717) is 13.0 Å². The highest BCUT2D eigenvalue weighted by atomic mass is 16.5. The molecule has 0 fully saturated rings. The number of carbonyl (C=O) groups is 2. The van der Waals surface area contributed by atoms with E-state index in [1.54, 1.807) is 0 Å². The second kappa shape index (κ2) is 12.3. The summed E-state index contributed by atoms with van der Waals surface area (Å²) in [6, 6.07) is 0. The minimum Gasteiger partial charge on any atom is -0.466 e. The predicted molar refractivity (Wildman–Crippen MR) is 94.3 cm³/mol. The van der Waals surface area contributed by atoms with Crippen molar-refractivity contribution in [3.63, 3.8) is 0 Å². The van der Waals surface area contributed by atoms with Gasteiger partial charge in [-0.25, -0.2) is 0 Å². The Morgan fingerprint density at radius 1 is 1.13 bits per heavy atom. The van der Waals surface area contributed by atoms with E-state index in [-0.39, 0.29) is 17.4 Å². The predicted octanol–water partition coefficient (Wildman–Crippen LogP) is 3.13. The van der Waals surface area contributed by atoms with Gasteiger partial charge in [0.25, 0.3) is 0 Å². The van der Waals surface area contributed by atoms with Crippen molar-refractivity contribution in [3.8, 4) is 0 Å². The Labute approximate surface area is 142 Å². The number of esters is 1. The molecule has 0 rings (SSSR count). The monoisotopic (exact) mass is 328 g/mol. The molecule has 0 aliphatic rings. The molecule has 0 aromatic heterocycles. The van der Waals surface area contributed by atoms with Crippen molar-refractivity contribution in [1.29, 1.82) is 0 Å². The number of unbranched alkanes of at least 4 members (excludes halogenated alkanes) is 2. The van der Waals surface area contributed by atoms with E-state index < -0.39 is 0 Å². The Bertz CT molecular complexity index is 341. The maximum Gasteiger partial charge on any atom is 0.302 e. The Balaban J connectivity index is 4.41. The van der Waals surface area contributed by atoms with Crippen LogP contribution in [0.3, 0.4) is 0 Å². The van der Waals surface area contributed by atoms with Gasteiger partial charge in [0, 0.05) is 32.0 Å². The lowest BCUT2D eigenvalue weighted by Crippen LogP contribution is -2.47. The quantitative estimate of drug-likeness (QED) is 0.417. The topological polar surface area (TPSA) is 58.6 Å². The number of carbonyl (C=O) groups excluding carboxylic acids is 2. The van der Waals surface area contributed by atoms with Crippen LogP contribution in [0.25, 0.3) is 0 Å². The summed E-state index contributed by atoms with van der Waals surface area (Å²) in [7, 11) is 1.96. The number of ether oxygens (including phenoxy) is 1. The number of nitrogens with zero attached hydrogens (tertiary/aromatic N) is 1. The van der Waals surface area contributed by atoms with Gasteiger partial charge in [0.05, 0.1) is 6.61 Å². The molecule has 0 aliphatic carbocycles. The van der Waals surface area contributed by atoms with Crippen molar-refractivity contribution in [1.82, 2.24) is 10.2 Å². The summed E-state index contributed by atoms with van der Waals surface area (Å²) in [6.45, 7) is 9.65. The van der Waals surface area contributed by atoms with Crippen LogP contribution in [0.15, 0.2) is 0 Å². The van der Waals surface area contributed by atoms with Crippen LogP contribution in [0.5, 0.6) is 0 Å². The highest BCUT2D eigenvalue weighted by molar-refractivity contribution is 5.77. The summed E-state index contributed by atoms with van der Waals surface area (Å²) in [5.74, 6) is -0.0293. The molecule has 1 N–H and O–H groups in total. The largest absolute Gasteiger partial charge is 0.466 e. The van der Waals surface area contributed by atoms with E-state index in [4.69, 9.17) is 4.74 Å².